The number of hydrogen-bond donors (Lipinski definition) is 2. The van der Waals surface area contributed by atoms with Crippen molar-refractivity contribution in [3.63, 3.8) is 0 Å². The van der Waals surface area contributed by atoms with Crippen molar-refractivity contribution < 1.29 is 63.3 Å². The summed E-state index contributed by atoms with van der Waals surface area (Å²) in [5.74, 6) is 0. The van der Waals surface area contributed by atoms with Gasteiger partial charge in [-0.2, -0.15) is 0 Å². The summed E-state index contributed by atoms with van der Waals surface area (Å²) in [5, 5.41) is 0. The van der Waals surface area contributed by atoms with Gasteiger partial charge in [0.15, 0.2) is 0 Å². The monoisotopic (exact) mass is 171 g/mol. The molecule has 0 rings (SSSR count). The van der Waals surface area contributed by atoms with Crippen LogP contribution in [0.2, 0.25) is 0 Å². The van der Waals surface area contributed by atoms with Crippen LogP contribution >= 0.6 is 0 Å². The van der Waals surface area contributed by atoms with Crippen molar-refractivity contribution in [3.05, 3.63) is 0 Å². The SMILES string of the molecule is [H-].[H-].[H-].[Mg+2].[Na+].[O]=[Mn](=[O])([OH])[OH]. The van der Waals surface area contributed by atoms with Crippen LogP contribution in [0.4, 0.5) is 0 Å². The first-order valence-electron chi connectivity index (χ1n) is 0.647. The Labute approximate surface area is 85.5 Å². The first-order chi connectivity index (χ1) is 2.00. The Kier molecular flexibility index (Phi) is 13.5. The van der Waals surface area contributed by atoms with Crippen LogP contribution < -0.4 is 29.6 Å². The number of hydrogen-bond acceptors (Lipinski definition) is 2. The Morgan fingerprint density at radius 3 is 1.29 bits per heavy atom. The van der Waals surface area contributed by atoms with Gasteiger partial charge in [-0.25, -0.2) is 0 Å². The van der Waals surface area contributed by atoms with E-state index in [1.165, 1.54) is 0 Å². The molecule has 0 heterocycles. The average Bonchev–Trinajstić information content (AvgIpc) is 0.722. The molecule has 0 radical (unpaired) electrons. The van der Waals surface area contributed by atoms with Crippen molar-refractivity contribution in [2.75, 3.05) is 0 Å². The maximum atomic E-state index is 8.80. The van der Waals surface area contributed by atoms with E-state index in [0.717, 1.165) is 0 Å². The molecule has 0 aliphatic heterocycles. The van der Waals surface area contributed by atoms with Gasteiger partial charge >= 0.3 is 82.0 Å². The van der Waals surface area contributed by atoms with E-state index in [9.17, 15) is 0 Å². The third kappa shape index (κ3) is 80.7. The van der Waals surface area contributed by atoms with Gasteiger partial charge in [0, 0.05) is 0 Å². The van der Waals surface area contributed by atoms with Crippen LogP contribution in [-0.2, 0) is 21.0 Å². The first-order valence-corrected chi connectivity index (χ1v) is 2.67. The fraction of sp³-hybridized carbons (Fsp3) is 0. The van der Waals surface area contributed by atoms with Crippen LogP contribution in [0.5, 0.6) is 0 Å². The third-order valence-electron chi connectivity index (χ3n) is 0. The van der Waals surface area contributed by atoms with Crippen LogP contribution in [-0.4, -0.2) is 31.4 Å². The molecule has 0 aliphatic rings. The van der Waals surface area contributed by atoms with Crippen molar-refractivity contribution >= 4 is 23.1 Å². The molecule has 0 aromatic rings. The summed E-state index contributed by atoms with van der Waals surface area (Å²) in [6, 6.07) is 0. The second-order valence-corrected chi connectivity index (χ2v) is 1.71. The second-order valence-electron chi connectivity index (χ2n) is 0.415. The normalized spacial score (nSPS) is 8.29. The van der Waals surface area contributed by atoms with Crippen LogP contribution in [0.25, 0.3) is 0 Å². The zero-order valence-corrected chi connectivity index (χ0v) is 8.39. The van der Waals surface area contributed by atoms with Crippen molar-refractivity contribution in [2.24, 2.45) is 0 Å². The molecule has 0 fully saturated rings. The molecule has 7 heavy (non-hydrogen) atoms. The Morgan fingerprint density at radius 1 is 1.29 bits per heavy atom. The predicted octanol–water partition coefficient (Wildman–Crippen LogP) is -4.39. The van der Waals surface area contributed by atoms with Crippen LogP contribution in [0.3, 0.4) is 0 Å². The summed E-state index contributed by atoms with van der Waals surface area (Å²) < 4.78 is 31.8. The Morgan fingerprint density at radius 2 is 1.29 bits per heavy atom. The minimum atomic E-state index is -5.12. The van der Waals surface area contributed by atoms with Crippen molar-refractivity contribution in [1.29, 1.82) is 0 Å². The molecule has 0 aliphatic carbocycles. The van der Waals surface area contributed by atoms with Gasteiger partial charge in [0.1, 0.15) is 0 Å². The summed E-state index contributed by atoms with van der Waals surface area (Å²) in [4.78, 5) is 0. The fourth-order valence-corrected chi connectivity index (χ4v) is 0. The Hall–Kier alpha value is 1.81. The Balaban J connectivity index is -0.00000000800. The van der Waals surface area contributed by atoms with Gasteiger partial charge in [-0.3, -0.25) is 0 Å². The van der Waals surface area contributed by atoms with Crippen molar-refractivity contribution in [1.82, 2.24) is 0 Å². The van der Waals surface area contributed by atoms with Gasteiger partial charge in [-0.1, -0.05) is 0 Å². The van der Waals surface area contributed by atoms with E-state index in [4.69, 9.17) is 16.0 Å². The molecule has 2 N–H and O–H groups in total. The second kappa shape index (κ2) is 5.93. The van der Waals surface area contributed by atoms with Crippen LogP contribution in [0, 0.1) is 0 Å². The molecule has 0 spiro atoms. The molecule has 0 bridgehead atoms. The minimum absolute atomic E-state index is 0. The van der Waals surface area contributed by atoms with E-state index in [2.05, 4.69) is 0 Å². The molecule has 0 unspecified atom stereocenters. The van der Waals surface area contributed by atoms with Crippen molar-refractivity contribution in [2.45, 2.75) is 0 Å². The summed E-state index contributed by atoms with van der Waals surface area (Å²) >= 11 is -5.12. The molecular formula is H5MgMnNaO4. The molecule has 4 nitrogen and oxygen atoms in total. The summed E-state index contributed by atoms with van der Waals surface area (Å²) in [6.45, 7) is 0. The molecule has 0 atom stereocenters. The van der Waals surface area contributed by atoms with Gasteiger partial charge in [-0.15, -0.1) is 0 Å². The quantitative estimate of drug-likeness (QED) is 0.361. The molecule has 39 valence electrons. The van der Waals surface area contributed by atoms with E-state index in [1.807, 2.05) is 0 Å². The first kappa shape index (κ1) is 15.9. The number of rotatable bonds is 0. The standard InChI is InChI=1S/Mg.Mn.Na.2H2O.2O.3H/h;;;2*1H2;;;;;/q2*+2;+1;;;;;3*-1/p-2. The summed E-state index contributed by atoms with van der Waals surface area (Å²) in [6.07, 6.45) is 0. The van der Waals surface area contributed by atoms with Crippen LogP contribution in [0.1, 0.15) is 4.28 Å². The van der Waals surface area contributed by atoms with Crippen LogP contribution in [0.15, 0.2) is 0 Å². The zero-order chi connectivity index (χ0) is 4.50. The van der Waals surface area contributed by atoms with E-state index in [1.54, 1.807) is 0 Å². The third-order valence-corrected chi connectivity index (χ3v) is 0. The topological polar surface area (TPSA) is 74.6 Å². The summed E-state index contributed by atoms with van der Waals surface area (Å²) in [7, 11) is 0. The molecule has 0 saturated heterocycles. The van der Waals surface area contributed by atoms with Gasteiger partial charge in [0.2, 0.25) is 0 Å². The van der Waals surface area contributed by atoms with Crippen molar-refractivity contribution in [3.8, 4) is 0 Å². The predicted molar refractivity (Wildman–Crippen MR) is 14.9 cm³/mol. The van der Waals surface area contributed by atoms with Gasteiger partial charge in [-0.05, 0) is 0 Å². The van der Waals surface area contributed by atoms with E-state index in [-0.39, 0.29) is 56.9 Å². The van der Waals surface area contributed by atoms with Gasteiger partial charge < -0.3 is 4.28 Å². The molecular weight excluding hydrogens is 166 g/mol. The zero-order valence-electron chi connectivity index (χ0n) is 6.80. The van der Waals surface area contributed by atoms with E-state index in [0.29, 0.717) is 0 Å². The average molecular weight is 171 g/mol. The summed E-state index contributed by atoms with van der Waals surface area (Å²) in [5.41, 5.74) is 0. The molecule has 7 heteroatoms. The van der Waals surface area contributed by atoms with E-state index < -0.39 is 13.4 Å². The molecule has 0 aromatic carbocycles. The van der Waals surface area contributed by atoms with E-state index >= 15 is 0 Å². The Bertz CT molecular complexity index is 104. The molecule has 0 saturated carbocycles. The van der Waals surface area contributed by atoms with Gasteiger partial charge in [0.05, 0.1) is 0 Å². The maximum absolute atomic E-state index is 8.80. The molecule has 0 amide bonds. The molecule has 0 aromatic heterocycles. The van der Waals surface area contributed by atoms with Gasteiger partial charge in [0.25, 0.3) is 0 Å². The fourth-order valence-electron chi connectivity index (χ4n) is 0.